The molecule has 0 aromatic rings. The first kappa shape index (κ1) is 12.3. The van der Waals surface area contributed by atoms with Crippen LogP contribution in [-0.2, 0) is 14.6 Å². The molecule has 3 atom stereocenters. The number of carbonyl (C=O) groups is 1. The Morgan fingerprint density at radius 1 is 1.11 bits per heavy atom. The molecule has 0 radical (unpaired) electrons. The number of aliphatic imine (C=N–C) groups is 1. The van der Waals surface area contributed by atoms with E-state index in [0.29, 0.717) is 30.9 Å². The van der Waals surface area contributed by atoms with Crippen LogP contribution in [0, 0.1) is 5.92 Å². The Bertz CT molecular complexity index is 494. The minimum atomic E-state index is -3.16. The van der Waals surface area contributed by atoms with E-state index in [1.165, 1.54) is 6.42 Å². The van der Waals surface area contributed by atoms with Crippen LogP contribution in [0.15, 0.2) is 4.99 Å². The predicted molar refractivity (Wildman–Crippen MR) is 69.6 cm³/mol. The molecular weight excluding hydrogens is 250 g/mol. The van der Waals surface area contributed by atoms with E-state index in [4.69, 9.17) is 0 Å². The average Bonchev–Trinajstić information content (AvgIpc) is 2.46. The fraction of sp³-hybridized carbons (Fsp3) is 0.846. The third-order valence-electron chi connectivity index (χ3n) is 4.55. The Morgan fingerprint density at radius 3 is 2.72 bits per heavy atom. The molecule has 1 aliphatic carbocycles. The van der Waals surface area contributed by atoms with Gasteiger partial charge in [0.15, 0.2) is 15.6 Å². The van der Waals surface area contributed by atoms with Crippen LogP contribution in [-0.4, -0.2) is 37.0 Å². The summed E-state index contributed by atoms with van der Waals surface area (Å²) in [7, 11) is -3.16. The highest BCUT2D eigenvalue weighted by molar-refractivity contribution is 7.92. The molecule has 2 fully saturated rings. The van der Waals surface area contributed by atoms with Crippen LogP contribution in [0.5, 0.6) is 0 Å². The van der Waals surface area contributed by atoms with Crippen molar-refractivity contribution in [1.29, 1.82) is 0 Å². The van der Waals surface area contributed by atoms with Gasteiger partial charge in [0.05, 0.1) is 17.5 Å². The van der Waals surface area contributed by atoms with E-state index >= 15 is 0 Å². The van der Waals surface area contributed by atoms with Crippen LogP contribution >= 0.6 is 0 Å². The molecule has 18 heavy (non-hydrogen) atoms. The van der Waals surface area contributed by atoms with Crippen molar-refractivity contribution in [3.05, 3.63) is 0 Å². The number of rotatable bonds is 0. The minimum Gasteiger partial charge on any atom is -0.293 e. The van der Waals surface area contributed by atoms with Crippen LogP contribution in [0.4, 0.5) is 0 Å². The zero-order chi connectivity index (χ0) is 12.8. The molecule has 0 N–H and O–H groups in total. The van der Waals surface area contributed by atoms with Crippen molar-refractivity contribution < 1.29 is 13.2 Å². The lowest BCUT2D eigenvalue weighted by atomic mass is 9.79. The molecule has 2 heterocycles. The summed E-state index contributed by atoms with van der Waals surface area (Å²) in [6.07, 6.45) is 5.88. The van der Waals surface area contributed by atoms with Gasteiger partial charge < -0.3 is 0 Å². The highest BCUT2D eigenvalue weighted by Gasteiger charge is 2.43. The number of fused-ring (bicyclic) bond motifs is 2. The number of Topliss-reactive ketones (excluding diaryl/α,β-unsaturated/α-hetero) is 1. The maximum absolute atomic E-state index is 12.2. The maximum atomic E-state index is 12.2. The highest BCUT2D eigenvalue weighted by atomic mass is 32.2. The second-order valence-corrected chi connectivity index (χ2v) is 8.05. The van der Waals surface area contributed by atoms with Crippen LogP contribution in [0.1, 0.15) is 44.9 Å². The third kappa shape index (κ3) is 2.02. The van der Waals surface area contributed by atoms with Crippen LogP contribution < -0.4 is 0 Å². The molecule has 3 aliphatic rings. The number of hydrogen-bond donors (Lipinski definition) is 0. The Balaban J connectivity index is 2.01. The molecule has 100 valence electrons. The summed E-state index contributed by atoms with van der Waals surface area (Å²) in [5.41, 5.74) is 0.385. The SMILES string of the molecule is O=C1CCCS(=O)(=O)C2CC3CCCCC3N=C12. The largest absolute Gasteiger partial charge is 0.293 e. The standard InChI is InChI=1S/C13H19NO3S/c15-11-6-3-7-18(16,17)12-8-9-4-1-2-5-10(9)14-13(11)12/h9-10,12H,1-8H2. The highest BCUT2D eigenvalue weighted by Crippen LogP contribution is 2.37. The van der Waals surface area contributed by atoms with Gasteiger partial charge in [-0.05, 0) is 31.6 Å². The van der Waals surface area contributed by atoms with Crippen molar-refractivity contribution in [2.45, 2.75) is 56.2 Å². The number of ketones is 1. The van der Waals surface area contributed by atoms with Gasteiger partial charge in [0, 0.05) is 6.42 Å². The summed E-state index contributed by atoms with van der Waals surface area (Å²) in [5.74, 6) is 0.512. The van der Waals surface area contributed by atoms with E-state index < -0.39 is 15.1 Å². The average molecular weight is 269 g/mol. The zero-order valence-electron chi connectivity index (χ0n) is 10.5. The van der Waals surface area contributed by atoms with Gasteiger partial charge in [-0.3, -0.25) is 9.79 Å². The summed E-state index contributed by atoms with van der Waals surface area (Å²) >= 11 is 0. The van der Waals surface area contributed by atoms with Crippen molar-refractivity contribution in [3.63, 3.8) is 0 Å². The Hall–Kier alpha value is -0.710. The Morgan fingerprint density at radius 2 is 1.89 bits per heavy atom. The summed E-state index contributed by atoms with van der Waals surface area (Å²) < 4.78 is 24.4. The monoisotopic (exact) mass is 269 g/mol. The molecule has 0 amide bonds. The predicted octanol–water partition coefficient (Wildman–Crippen LogP) is 1.54. The van der Waals surface area contributed by atoms with Gasteiger partial charge in [0.25, 0.3) is 0 Å². The lowest BCUT2D eigenvalue weighted by Crippen LogP contribution is -2.44. The smallest absolute Gasteiger partial charge is 0.177 e. The number of hydrogen-bond acceptors (Lipinski definition) is 4. The summed E-state index contributed by atoms with van der Waals surface area (Å²) in [4.78, 5) is 16.6. The molecule has 0 aromatic carbocycles. The minimum absolute atomic E-state index is 0.0231. The molecule has 5 heteroatoms. The Labute approximate surface area is 108 Å². The van der Waals surface area contributed by atoms with Gasteiger partial charge in [-0.15, -0.1) is 0 Å². The van der Waals surface area contributed by atoms with Crippen molar-refractivity contribution in [2.24, 2.45) is 10.9 Å². The molecule has 1 saturated carbocycles. The lowest BCUT2D eigenvalue weighted by Gasteiger charge is -2.36. The maximum Gasteiger partial charge on any atom is 0.177 e. The number of carbonyl (C=O) groups excluding carboxylic acids is 1. The van der Waals surface area contributed by atoms with Gasteiger partial charge in [-0.1, -0.05) is 12.8 Å². The van der Waals surface area contributed by atoms with Crippen molar-refractivity contribution in [2.75, 3.05) is 5.75 Å². The van der Waals surface area contributed by atoms with Crippen molar-refractivity contribution in [3.8, 4) is 0 Å². The van der Waals surface area contributed by atoms with Gasteiger partial charge in [-0.2, -0.15) is 0 Å². The molecule has 3 unspecified atom stereocenters. The summed E-state index contributed by atoms with van der Waals surface area (Å²) in [6.45, 7) is 0. The summed E-state index contributed by atoms with van der Waals surface area (Å²) in [5, 5.41) is -0.591. The molecular formula is C13H19NO3S. The molecule has 0 aromatic heterocycles. The quantitative estimate of drug-likeness (QED) is 0.670. The fourth-order valence-electron chi connectivity index (χ4n) is 3.55. The van der Waals surface area contributed by atoms with Crippen LogP contribution in [0.25, 0.3) is 0 Å². The normalized spacial score (nSPS) is 39.2. The van der Waals surface area contributed by atoms with E-state index in [2.05, 4.69) is 4.99 Å². The van der Waals surface area contributed by atoms with Gasteiger partial charge in [0.2, 0.25) is 0 Å². The molecule has 4 nitrogen and oxygen atoms in total. The first-order valence-corrected chi connectivity index (χ1v) is 8.62. The van der Waals surface area contributed by atoms with Gasteiger partial charge in [-0.25, -0.2) is 8.42 Å². The van der Waals surface area contributed by atoms with E-state index in [9.17, 15) is 13.2 Å². The molecule has 3 rings (SSSR count). The van der Waals surface area contributed by atoms with Crippen LogP contribution in [0.2, 0.25) is 0 Å². The molecule has 0 bridgehead atoms. The topological polar surface area (TPSA) is 63.6 Å². The third-order valence-corrected chi connectivity index (χ3v) is 6.69. The van der Waals surface area contributed by atoms with Gasteiger partial charge >= 0.3 is 0 Å². The first-order chi connectivity index (χ1) is 8.58. The van der Waals surface area contributed by atoms with Crippen molar-refractivity contribution >= 4 is 21.3 Å². The Kier molecular flexibility index (Phi) is 3.04. The van der Waals surface area contributed by atoms with E-state index in [0.717, 1.165) is 19.3 Å². The van der Waals surface area contributed by atoms with Gasteiger partial charge in [0.1, 0.15) is 5.25 Å². The van der Waals surface area contributed by atoms with Crippen LogP contribution in [0.3, 0.4) is 0 Å². The van der Waals surface area contributed by atoms with Crippen molar-refractivity contribution in [1.82, 2.24) is 0 Å². The second kappa shape index (κ2) is 4.44. The number of nitrogens with zero attached hydrogens (tertiary/aromatic N) is 1. The second-order valence-electron chi connectivity index (χ2n) is 5.74. The zero-order valence-corrected chi connectivity index (χ0v) is 11.3. The van der Waals surface area contributed by atoms with E-state index in [1.54, 1.807) is 0 Å². The lowest BCUT2D eigenvalue weighted by molar-refractivity contribution is -0.113. The molecule has 2 aliphatic heterocycles. The van der Waals surface area contributed by atoms with E-state index in [-0.39, 0.29) is 17.6 Å². The van der Waals surface area contributed by atoms with E-state index in [1.807, 2.05) is 0 Å². The summed E-state index contributed by atoms with van der Waals surface area (Å²) in [6, 6.07) is 0.210. The molecule has 0 spiro atoms. The first-order valence-electron chi connectivity index (χ1n) is 6.90. The number of sulfone groups is 1. The fourth-order valence-corrected chi connectivity index (χ4v) is 5.46. The molecule has 1 saturated heterocycles.